The van der Waals surface area contributed by atoms with Gasteiger partial charge in [-0.3, -0.25) is 0 Å². The maximum absolute atomic E-state index is 6.27. The minimum atomic E-state index is 0.665. The van der Waals surface area contributed by atoms with Crippen LogP contribution in [0.25, 0.3) is 10.8 Å². The molecule has 3 nitrogen and oxygen atoms in total. The minimum Gasteiger partial charge on any atom is -0.489 e. The Labute approximate surface area is 177 Å². The molecular weight excluding hydrogens is 356 g/mol. The molecule has 0 spiro atoms. The molecular formula is C26H38N2O. The van der Waals surface area contributed by atoms with Crippen molar-refractivity contribution in [2.45, 2.75) is 51.9 Å². The molecule has 0 aliphatic carbocycles. The van der Waals surface area contributed by atoms with Gasteiger partial charge in [0.15, 0.2) is 0 Å². The summed E-state index contributed by atoms with van der Waals surface area (Å²) in [5, 5.41) is 6.08. The second-order valence-corrected chi connectivity index (χ2v) is 8.20. The highest BCUT2D eigenvalue weighted by Gasteiger charge is 2.10. The molecule has 0 amide bonds. The van der Waals surface area contributed by atoms with Crippen LogP contribution >= 0.6 is 0 Å². The van der Waals surface area contributed by atoms with E-state index >= 15 is 0 Å². The van der Waals surface area contributed by atoms with Gasteiger partial charge in [-0.15, -0.1) is 0 Å². The van der Waals surface area contributed by atoms with Crippen molar-refractivity contribution in [2.24, 2.45) is 0 Å². The van der Waals surface area contributed by atoms with E-state index in [4.69, 9.17) is 4.74 Å². The van der Waals surface area contributed by atoms with E-state index in [9.17, 15) is 0 Å². The van der Waals surface area contributed by atoms with Crippen LogP contribution in [0, 0.1) is 0 Å². The maximum Gasteiger partial charge on any atom is 0.127 e. The lowest BCUT2D eigenvalue weighted by molar-refractivity contribution is 0.331. The molecule has 0 unspecified atom stereocenters. The number of rotatable bonds is 13. The van der Waals surface area contributed by atoms with Gasteiger partial charge in [-0.2, -0.15) is 0 Å². The number of allylic oxidation sites excluding steroid dienone is 1. The highest BCUT2D eigenvalue weighted by atomic mass is 16.5. The summed E-state index contributed by atoms with van der Waals surface area (Å²) in [5.74, 6) is 0.983. The second-order valence-electron chi connectivity index (χ2n) is 8.20. The highest BCUT2D eigenvalue weighted by molar-refractivity contribution is 5.88. The molecule has 0 saturated carbocycles. The Hall–Kier alpha value is -1.84. The van der Waals surface area contributed by atoms with Crippen LogP contribution in [0.3, 0.4) is 0 Å². The zero-order chi connectivity index (χ0) is 20.2. The fourth-order valence-electron chi connectivity index (χ4n) is 4.04. The molecule has 1 saturated heterocycles. The number of ether oxygens (including phenoxy) is 1. The van der Waals surface area contributed by atoms with Gasteiger partial charge in [-0.1, -0.05) is 68.7 Å². The molecule has 1 N–H and O–H groups in total. The van der Waals surface area contributed by atoms with Crippen LogP contribution in [0.2, 0.25) is 0 Å². The molecule has 2 aromatic rings. The summed E-state index contributed by atoms with van der Waals surface area (Å²) in [6.07, 6.45) is 11.5. The lowest BCUT2D eigenvalue weighted by Crippen LogP contribution is -2.31. The molecule has 158 valence electrons. The van der Waals surface area contributed by atoms with Gasteiger partial charge >= 0.3 is 0 Å². The van der Waals surface area contributed by atoms with Gasteiger partial charge in [0.1, 0.15) is 12.4 Å². The molecule has 3 rings (SSSR count). The third-order valence-corrected chi connectivity index (χ3v) is 5.81. The largest absolute Gasteiger partial charge is 0.489 e. The maximum atomic E-state index is 6.27. The Morgan fingerprint density at radius 1 is 1.03 bits per heavy atom. The van der Waals surface area contributed by atoms with Crippen LogP contribution in [0.1, 0.15) is 51.9 Å². The summed E-state index contributed by atoms with van der Waals surface area (Å²) < 4.78 is 6.27. The van der Waals surface area contributed by atoms with Gasteiger partial charge in [-0.05, 0) is 55.8 Å². The predicted molar refractivity (Wildman–Crippen MR) is 125 cm³/mol. The van der Waals surface area contributed by atoms with Gasteiger partial charge in [0, 0.05) is 25.0 Å². The van der Waals surface area contributed by atoms with E-state index in [2.05, 4.69) is 65.7 Å². The molecule has 0 atom stereocenters. The Morgan fingerprint density at radius 3 is 2.72 bits per heavy atom. The number of nitrogens with one attached hydrogen (secondary N) is 1. The van der Waals surface area contributed by atoms with E-state index in [-0.39, 0.29) is 0 Å². The van der Waals surface area contributed by atoms with Crippen molar-refractivity contribution in [3.63, 3.8) is 0 Å². The van der Waals surface area contributed by atoms with Crippen LogP contribution in [-0.4, -0.2) is 44.2 Å². The molecule has 3 heteroatoms. The zero-order valence-corrected chi connectivity index (χ0v) is 18.2. The van der Waals surface area contributed by atoms with Crippen LogP contribution in [-0.2, 0) is 0 Å². The molecule has 29 heavy (non-hydrogen) atoms. The van der Waals surface area contributed by atoms with Gasteiger partial charge in [-0.25, -0.2) is 0 Å². The summed E-state index contributed by atoms with van der Waals surface area (Å²) in [6, 6.07) is 14.8. The third kappa shape index (κ3) is 7.49. The molecule has 0 radical (unpaired) electrons. The number of fused-ring (bicyclic) bond motifs is 1. The SMILES string of the molecule is CCCCCC/C=C(/CNCCN1CCCC1)COc1cccc2ccccc12. The van der Waals surface area contributed by atoms with Crippen molar-refractivity contribution in [2.75, 3.05) is 39.3 Å². The topological polar surface area (TPSA) is 24.5 Å². The van der Waals surface area contributed by atoms with E-state index in [0.29, 0.717) is 6.61 Å². The molecule has 0 aromatic heterocycles. The summed E-state index contributed by atoms with van der Waals surface area (Å²) >= 11 is 0. The van der Waals surface area contributed by atoms with Crippen molar-refractivity contribution in [3.8, 4) is 5.75 Å². The first-order chi connectivity index (χ1) is 14.4. The van der Waals surface area contributed by atoms with Crippen molar-refractivity contribution < 1.29 is 4.74 Å². The smallest absolute Gasteiger partial charge is 0.127 e. The third-order valence-electron chi connectivity index (χ3n) is 5.81. The van der Waals surface area contributed by atoms with Crippen molar-refractivity contribution in [1.82, 2.24) is 10.2 Å². The number of unbranched alkanes of at least 4 members (excludes halogenated alkanes) is 4. The monoisotopic (exact) mass is 394 g/mol. The predicted octanol–water partition coefficient (Wildman–Crippen LogP) is 5.80. The first kappa shape index (κ1) is 21.9. The quantitative estimate of drug-likeness (QED) is 0.343. The Morgan fingerprint density at radius 2 is 1.86 bits per heavy atom. The molecule has 1 fully saturated rings. The normalized spacial score (nSPS) is 15.3. The van der Waals surface area contributed by atoms with Gasteiger partial charge in [0.2, 0.25) is 0 Å². The number of hydrogen-bond donors (Lipinski definition) is 1. The molecule has 2 aromatic carbocycles. The van der Waals surface area contributed by atoms with E-state index < -0.39 is 0 Å². The summed E-state index contributed by atoms with van der Waals surface area (Å²) in [6.45, 7) is 8.61. The lowest BCUT2D eigenvalue weighted by Gasteiger charge is -2.16. The summed E-state index contributed by atoms with van der Waals surface area (Å²) in [4.78, 5) is 2.56. The van der Waals surface area contributed by atoms with Crippen LogP contribution in [0.4, 0.5) is 0 Å². The minimum absolute atomic E-state index is 0.665. The first-order valence-corrected chi connectivity index (χ1v) is 11.6. The number of nitrogens with zero attached hydrogens (tertiary/aromatic N) is 1. The van der Waals surface area contributed by atoms with Gasteiger partial charge in [0.05, 0.1) is 0 Å². The Bertz CT molecular complexity index is 744. The van der Waals surface area contributed by atoms with E-state index in [1.807, 2.05) is 0 Å². The lowest BCUT2D eigenvalue weighted by atomic mass is 10.1. The number of likely N-dealkylation sites (tertiary alicyclic amines) is 1. The molecule has 1 heterocycles. The average molecular weight is 395 g/mol. The van der Waals surface area contributed by atoms with Crippen molar-refractivity contribution in [3.05, 3.63) is 54.1 Å². The van der Waals surface area contributed by atoms with Gasteiger partial charge in [0.25, 0.3) is 0 Å². The fraction of sp³-hybridized carbons (Fsp3) is 0.538. The molecule has 1 aliphatic rings. The average Bonchev–Trinajstić information content (AvgIpc) is 3.27. The standard InChI is InChI=1S/C26H38N2O/c1-2-3-4-5-6-12-23(21-27-17-20-28-18-9-10-19-28)22-29-26-16-11-14-24-13-7-8-15-25(24)26/h7-8,11-16,27H,2-6,9-10,17-22H2,1H3/b23-12-. The van der Waals surface area contributed by atoms with Crippen LogP contribution < -0.4 is 10.1 Å². The van der Waals surface area contributed by atoms with Crippen molar-refractivity contribution in [1.29, 1.82) is 0 Å². The Kier molecular flexibility index (Phi) is 9.55. The Balaban J connectivity index is 1.52. The number of hydrogen-bond acceptors (Lipinski definition) is 3. The van der Waals surface area contributed by atoms with Gasteiger partial charge < -0.3 is 15.0 Å². The summed E-state index contributed by atoms with van der Waals surface area (Å²) in [5.41, 5.74) is 1.37. The second kappa shape index (κ2) is 12.7. The first-order valence-electron chi connectivity index (χ1n) is 11.6. The van der Waals surface area contributed by atoms with Crippen molar-refractivity contribution >= 4 is 10.8 Å². The molecule has 1 aliphatic heterocycles. The summed E-state index contributed by atoms with van der Waals surface area (Å²) in [7, 11) is 0. The molecule has 0 bridgehead atoms. The van der Waals surface area contributed by atoms with E-state index in [0.717, 1.165) is 31.8 Å². The van der Waals surface area contributed by atoms with E-state index in [1.54, 1.807) is 0 Å². The number of benzene rings is 2. The van der Waals surface area contributed by atoms with Crippen LogP contribution in [0.5, 0.6) is 5.75 Å². The highest BCUT2D eigenvalue weighted by Crippen LogP contribution is 2.25. The fourth-order valence-corrected chi connectivity index (χ4v) is 4.04. The van der Waals surface area contributed by atoms with E-state index in [1.165, 1.54) is 68.0 Å². The van der Waals surface area contributed by atoms with Crippen LogP contribution in [0.15, 0.2) is 54.1 Å². The zero-order valence-electron chi connectivity index (χ0n) is 18.2.